The number of pyridine rings is 1. The molecule has 5 heteroatoms. The fourth-order valence-electron chi connectivity index (χ4n) is 4.97. The van der Waals surface area contributed by atoms with Crippen molar-refractivity contribution in [2.45, 2.75) is 37.3 Å². The maximum absolute atomic E-state index is 13.3. The largest absolute Gasteiger partial charge is 0.457 e. The van der Waals surface area contributed by atoms with Gasteiger partial charge in [-0.05, 0) is 35.2 Å². The summed E-state index contributed by atoms with van der Waals surface area (Å²) in [5.74, 6) is -0.616. The van der Waals surface area contributed by atoms with Crippen LogP contribution in [0.5, 0.6) is 0 Å². The highest BCUT2D eigenvalue weighted by atomic mass is 16.6. The zero-order valence-electron chi connectivity index (χ0n) is 19.3. The van der Waals surface area contributed by atoms with Crippen LogP contribution in [0.1, 0.15) is 36.0 Å². The van der Waals surface area contributed by atoms with Crippen molar-refractivity contribution in [3.8, 4) is 0 Å². The Hall–Kier alpha value is -3.02. The number of esters is 1. The molecule has 1 fully saturated rings. The third kappa shape index (κ3) is 5.15. The van der Waals surface area contributed by atoms with Crippen molar-refractivity contribution >= 4 is 5.97 Å². The molecule has 1 unspecified atom stereocenters. The molecule has 0 radical (unpaired) electrons. The molecular formula is C28H33N2O3+. The van der Waals surface area contributed by atoms with E-state index in [0.29, 0.717) is 17.7 Å². The highest BCUT2D eigenvalue weighted by Gasteiger charge is 2.44. The third-order valence-electron chi connectivity index (χ3n) is 7.06. The summed E-state index contributed by atoms with van der Waals surface area (Å²) >= 11 is 0. The molecular weight excluding hydrogens is 412 g/mol. The molecule has 0 aliphatic carbocycles. The lowest BCUT2D eigenvalue weighted by atomic mass is 9.86. The molecule has 0 bridgehead atoms. The van der Waals surface area contributed by atoms with E-state index >= 15 is 0 Å². The molecule has 1 N–H and O–H groups in total. The van der Waals surface area contributed by atoms with Gasteiger partial charge in [0.25, 0.3) is 0 Å². The lowest BCUT2D eigenvalue weighted by Gasteiger charge is -2.36. The first-order chi connectivity index (χ1) is 16.0. The Morgan fingerprint density at radius 3 is 2.24 bits per heavy atom. The van der Waals surface area contributed by atoms with Crippen LogP contribution in [0.4, 0.5) is 0 Å². The number of benzene rings is 2. The van der Waals surface area contributed by atoms with Crippen molar-refractivity contribution in [1.82, 2.24) is 4.98 Å². The number of nitrogens with zero attached hydrogens (tertiary/aromatic N) is 2. The number of aryl methyl sites for hydroxylation is 1. The molecule has 2 heterocycles. The van der Waals surface area contributed by atoms with Gasteiger partial charge in [-0.3, -0.25) is 4.98 Å². The zero-order chi connectivity index (χ0) is 23.2. The Labute approximate surface area is 196 Å². The van der Waals surface area contributed by atoms with E-state index < -0.39 is 11.6 Å². The van der Waals surface area contributed by atoms with E-state index in [4.69, 9.17) is 4.74 Å². The Morgan fingerprint density at radius 2 is 1.64 bits per heavy atom. The molecule has 2 aromatic carbocycles. The van der Waals surface area contributed by atoms with Gasteiger partial charge in [0.1, 0.15) is 12.6 Å². The molecule has 0 amide bonds. The van der Waals surface area contributed by atoms with Crippen LogP contribution in [0.15, 0.2) is 85.2 Å². The Balaban J connectivity index is 1.43. The lowest BCUT2D eigenvalue weighted by molar-refractivity contribution is -0.921. The third-order valence-corrected chi connectivity index (χ3v) is 7.06. The number of hydrogen-bond acceptors (Lipinski definition) is 4. The number of ether oxygens (including phenoxy) is 1. The number of rotatable bonds is 9. The fourth-order valence-corrected chi connectivity index (χ4v) is 4.97. The minimum Gasteiger partial charge on any atom is -0.457 e. The number of likely N-dealkylation sites (N-methyl/N-ethyl adjacent to an activating group) is 1. The van der Waals surface area contributed by atoms with E-state index in [9.17, 15) is 9.90 Å². The van der Waals surface area contributed by atoms with E-state index in [1.54, 1.807) is 24.3 Å². The van der Waals surface area contributed by atoms with Crippen LogP contribution < -0.4 is 0 Å². The minimum atomic E-state index is -1.83. The summed E-state index contributed by atoms with van der Waals surface area (Å²) in [5.41, 5.74) is 0.505. The monoisotopic (exact) mass is 445 g/mol. The molecule has 4 rings (SSSR count). The number of likely N-dealkylation sites (tertiary alicyclic amines) is 1. The fraction of sp³-hybridized carbons (Fsp3) is 0.357. The summed E-state index contributed by atoms with van der Waals surface area (Å²) in [6.45, 7) is 2.43. The molecule has 33 heavy (non-hydrogen) atoms. The Bertz CT molecular complexity index is 987. The molecule has 1 aliphatic rings. The van der Waals surface area contributed by atoms with Gasteiger partial charge in [0.2, 0.25) is 5.60 Å². The van der Waals surface area contributed by atoms with Crippen LogP contribution in [-0.2, 0) is 21.6 Å². The average molecular weight is 446 g/mol. The summed E-state index contributed by atoms with van der Waals surface area (Å²) in [6, 6.07) is 22.5. The van der Waals surface area contributed by atoms with Crippen molar-refractivity contribution in [3.63, 3.8) is 0 Å². The van der Waals surface area contributed by atoms with Crippen molar-refractivity contribution in [2.75, 3.05) is 26.7 Å². The average Bonchev–Trinajstić information content (AvgIpc) is 3.23. The quantitative estimate of drug-likeness (QED) is 0.398. The predicted octanol–water partition coefficient (Wildman–Crippen LogP) is 4.10. The van der Waals surface area contributed by atoms with Crippen LogP contribution in [0.25, 0.3) is 0 Å². The maximum Gasteiger partial charge on any atom is 0.347 e. The zero-order valence-corrected chi connectivity index (χ0v) is 19.3. The van der Waals surface area contributed by atoms with Gasteiger partial charge in [-0.25, -0.2) is 4.79 Å². The summed E-state index contributed by atoms with van der Waals surface area (Å²) < 4.78 is 6.74. The van der Waals surface area contributed by atoms with Crippen molar-refractivity contribution < 1.29 is 19.1 Å². The number of aromatic nitrogens is 1. The van der Waals surface area contributed by atoms with E-state index in [-0.39, 0.29) is 6.04 Å². The molecule has 5 nitrogen and oxygen atoms in total. The van der Waals surface area contributed by atoms with Crippen LogP contribution in [0.3, 0.4) is 0 Å². The van der Waals surface area contributed by atoms with E-state index in [1.807, 2.05) is 48.8 Å². The molecule has 1 aromatic heterocycles. The van der Waals surface area contributed by atoms with Crippen LogP contribution in [0, 0.1) is 0 Å². The topological polar surface area (TPSA) is 59.4 Å². The van der Waals surface area contributed by atoms with Crippen molar-refractivity contribution in [2.24, 2.45) is 0 Å². The van der Waals surface area contributed by atoms with Crippen molar-refractivity contribution in [1.29, 1.82) is 0 Å². The highest BCUT2D eigenvalue weighted by molar-refractivity contribution is 5.85. The lowest BCUT2D eigenvalue weighted by Crippen LogP contribution is -2.51. The van der Waals surface area contributed by atoms with Gasteiger partial charge in [0, 0.05) is 31.7 Å². The number of carbonyl (C=O) groups excluding carboxylic acids is 1. The smallest absolute Gasteiger partial charge is 0.347 e. The van der Waals surface area contributed by atoms with Crippen LogP contribution >= 0.6 is 0 Å². The molecule has 0 spiro atoms. The predicted molar refractivity (Wildman–Crippen MR) is 128 cm³/mol. The normalized spacial score (nSPS) is 20.5. The summed E-state index contributed by atoms with van der Waals surface area (Å²) in [6.07, 6.45) is 7.91. The molecule has 2 atom stereocenters. The van der Waals surface area contributed by atoms with Gasteiger partial charge < -0.3 is 14.3 Å². The van der Waals surface area contributed by atoms with Crippen LogP contribution in [-0.4, -0.2) is 53.3 Å². The van der Waals surface area contributed by atoms with Gasteiger partial charge in [-0.1, -0.05) is 60.7 Å². The first kappa shape index (κ1) is 23.1. The summed E-state index contributed by atoms with van der Waals surface area (Å²) in [4.78, 5) is 17.4. The second kappa shape index (κ2) is 10.3. The summed E-state index contributed by atoms with van der Waals surface area (Å²) in [7, 11) is 2.26. The highest BCUT2D eigenvalue weighted by Crippen LogP contribution is 2.32. The van der Waals surface area contributed by atoms with Gasteiger partial charge in [-0.2, -0.15) is 0 Å². The Kier molecular flexibility index (Phi) is 7.21. The van der Waals surface area contributed by atoms with Gasteiger partial charge >= 0.3 is 5.97 Å². The molecule has 172 valence electrons. The second-order valence-corrected chi connectivity index (χ2v) is 9.22. The summed E-state index contributed by atoms with van der Waals surface area (Å²) in [5, 5.41) is 11.6. The number of aliphatic hydroxyl groups is 1. The maximum atomic E-state index is 13.3. The minimum absolute atomic E-state index is 0.238. The van der Waals surface area contributed by atoms with Gasteiger partial charge in [-0.15, -0.1) is 0 Å². The van der Waals surface area contributed by atoms with Gasteiger partial charge in [0.15, 0.2) is 0 Å². The van der Waals surface area contributed by atoms with Crippen LogP contribution in [0.2, 0.25) is 0 Å². The molecule has 3 aromatic rings. The van der Waals surface area contributed by atoms with E-state index in [2.05, 4.69) is 24.2 Å². The van der Waals surface area contributed by atoms with Crippen molar-refractivity contribution in [3.05, 3.63) is 102 Å². The first-order valence-electron chi connectivity index (χ1n) is 11.8. The SMILES string of the molecule is C[N+]1(CCCc2ccncc2)CCC[C@@H]1COC(=O)C(O)(c1ccccc1)c1ccccc1. The van der Waals surface area contributed by atoms with E-state index in [0.717, 1.165) is 43.3 Å². The molecule has 0 saturated carbocycles. The number of quaternary nitrogens is 1. The second-order valence-electron chi connectivity index (χ2n) is 9.22. The molecule has 1 saturated heterocycles. The number of carbonyl (C=O) groups is 1. The number of hydrogen-bond donors (Lipinski definition) is 1. The Morgan fingerprint density at radius 1 is 1.03 bits per heavy atom. The van der Waals surface area contributed by atoms with E-state index in [1.165, 1.54) is 5.56 Å². The standard InChI is InChI=1S/C28H33N2O3/c1-30(20-8-10-23-16-18-29-19-17-23)21-9-15-26(30)22-33-27(31)28(32,24-11-4-2-5-12-24)25-13-6-3-7-14-25/h2-7,11-14,16-19,26,32H,8-10,15,20-22H2,1H3/q+1/t26-,30?/m1/s1. The molecule has 1 aliphatic heterocycles. The van der Waals surface area contributed by atoms with Gasteiger partial charge in [0.05, 0.1) is 20.1 Å². The first-order valence-corrected chi connectivity index (χ1v) is 11.8.